The van der Waals surface area contributed by atoms with Crippen molar-refractivity contribution in [3.05, 3.63) is 45.4 Å². The summed E-state index contributed by atoms with van der Waals surface area (Å²) >= 11 is 17.9. The molecular weight excluding hydrogens is 365 g/mol. The van der Waals surface area contributed by atoms with Gasteiger partial charge in [-0.3, -0.25) is 5.32 Å². The standard InChI is InChI=1S/C15H12Cl3NO4/c1-21-12-7-13(22-2)11(6-10(12)18)19-15(20)23-14-8(16)4-3-5-9(14)17/h3-7H,1-2H3,(H,19,20). The Balaban J connectivity index is 2.22. The van der Waals surface area contributed by atoms with Crippen molar-refractivity contribution in [2.75, 3.05) is 19.5 Å². The maximum absolute atomic E-state index is 12.0. The number of ether oxygens (including phenoxy) is 3. The summed E-state index contributed by atoms with van der Waals surface area (Å²) in [6.07, 6.45) is -0.792. The minimum Gasteiger partial charge on any atom is -0.495 e. The number of halogens is 3. The average Bonchev–Trinajstić information content (AvgIpc) is 2.51. The van der Waals surface area contributed by atoms with Crippen molar-refractivity contribution in [1.29, 1.82) is 0 Å². The quantitative estimate of drug-likeness (QED) is 0.789. The van der Waals surface area contributed by atoms with Gasteiger partial charge in [0.05, 0.1) is 35.0 Å². The zero-order valence-corrected chi connectivity index (χ0v) is 14.4. The van der Waals surface area contributed by atoms with Gasteiger partial charge in [-0.05, 0) is 18.2 Å². The highest BCUT2D eigenvalue weighted by atomic mass is 35.5. The van der Waals surface area contributed by atoms with Crippen molar-refractivity contribution in [3.8, 4) is 17.2 Å². The summed E-state index contributed by atoms with van der Waals surface area (Å²) in [6, 6.07) is 7.78. The Hall–Kier alpha value is -1.82. The minimum atomic E-state index is -0.792. The molecule has 23 heavy (non-hydrogen) atoms. The summed E-state index contributed by atoms with van der Waals surface area (Å²) < 4.78 is 15.4. The Kier molecular flexibility index (Phi) is 5.82. The van der Waals surface area contributed by atoms with E-state index in [4.69, 9.17) is 49.0 Å². The topological polar surface area (TPSA) is 56.8 Å². The largest absolute Gasteiger partial charge is 0.495 e. The molecule has 122 valence electrons. The SMILES string of the molecule is COc1cc(OC)c(NC(=O)Oc2c(Cl)cccc2Cl)cc1Cl. The molecule has 0 radical (unpaired) electrons. The lowest BCUT2D eigenvalue weighted by Gasteiger charge is -2.13. The third-order valence-electron chi connectivity index (χ3n) is 2.82. The Bertz CT molecular complexity index is 717. The lowest BCUT2D eigenvalue weighted by atomic mass is 10.2. The first-order valence-electron chi connectivity index (χ1n) is 6.30. The Morgan fingerprint density at radius 1 is 0.957 bits per heavy atom. The van der Waals surface area contributed by atoms with E-state index in [1.807, 2.05) is 0 Å². The van der Waals surface area contributed by atoms with Gasteiger partial charge >= 0.3 is 6.09 Å². The van der Waals surface area contributed by atoms with E-state index in [2.05, 4.69) is 5.32 Å². The van der Waals surface area contributed by atoms with Crippen molar-refractivity contribution in [3.63, 3.8) is 0 Å². The van der Waals surface area contributed by atoms with Crippen LogP contribution in [0.15, 0.2) is 30.3 Å². The van der Waals surface area contributed by atoms with Gasteiger partial charge in [0.25, 0.3) is 0 Å². The first kappa shape index (κ1) is 17.5. The maximum Gasteiger partial charge on any atom is 0.417 e. The zero-order valence-electron chi connectivity index (χ0n) is 12.2. The number of para-hydroxylation sites is 1. The summed E-state index contributed by atoms with van der Waals surface area (Å²) in [6.45, 7) is 0. The van der Waals surface area contributed by atoms with Crippen LogP contribution < -0.4 is 19.5 Å². The van der Waals surface area contributed by atoms with E-state index in [1.54, 1.807) is 24.3 Å². The molecule has 5 nitrogen and oxygen atoms in total. The smallest absolute Gasteiger partial charge is 0.417 e. The molecular formula is C15H12Cl3NO4. The highest BCUT2D eigenvalue weighted by Gasteiger charge is 2.16. The van der Waals surface area contributed by atoms with Gasteiger partial charge in [0, 0.05) is 6.07 Å². The number of hydrogen-bond donors (Lipinski definition) is 1. The fourth-order valence-electron chi connectivity index (χ4n) is 1.77. The number of methoxy groups -OCH3 is 2. The lowest BCUT2D eigenvalue weighted by molar-refractivity contribution is 0.215. The number of carbonyl (C=O) groups excluding carboxylic acids is 1. The number of amides is 1. The molecule has 1 N–H and O–H groups in total. The molecule has 0 saturated heterocycles. The number of nitrogens with one attached hydrogen (secondary N) is 1. The molecule has 2 aromatic rings. The zero-order chi connectivity index (χ0) is 17.0. The van der Waals surface area contributed by atoms with Crippen LogP contribution in [0.3, 0.4) is 0 Å². The molecule has 0 aliphatic heterocycles. The highest BCUT2D eigenvalue weighted by Crippen LogP contribution is 2.37. The fraction of sp³-hybridized carbons (Fsp3) is 0.133. The summed E-state index contributed by atoms with van der Waals surface area (Å²) in [4.78, 5) is 12.0. The molecule has 0 aliphatic rings. The van der Waals surface area contributed by atoms with Crippen LogP contribution in [-0.2, 0) is 0 Å². The van der Waals surface area contributed by atoms with Crippen molar-refractivity contribution >= 4 is 46.6 Å². The van der Waals surface area contributed by atoms with Gasteiger partial charge in [0.15, 0.2) is 5.75 Å². The van der Waals surface area contributed by atoms with E-state index in [0.29, 0.717) is 22.2 Å². The van der Waals surface area contributed by atoms with Crippen LogP contribution in [0.4, 0.5) is 10.5 Å². The van der Waals surface area contributed by atoms with Crippen LogP contribution in [-0.4, -0.2) is 20.3 Å². The van der Waals surface area contributed by atoms with E-state index in [1.165, 1.54) is 20.3 Å². The first-order valence-corrected chi connectivity index (χ1v) is 7.44. The number of benzene rings is 2. The number of rotatable bonds is 4. The number of carbonyl (C=O) groups is 1. The minimum absolute atomic E-state index is 0.0620. The summed E-state index contributed by atoms with van der Waals surface area (Å²) in [5.41, 5.74) is 0.312. The first-order chi connectivity index (χ1) is 11.0. The molecule has 0 atom stereocenters. The monoisotopic (exact) mass is 375 g/mol. The Morgan fingerprint density at radius 3 is 2.13 bits per heavy atom. The summed E-state index contributed by atoms with van der Waals surface area (Å²) in [7, 11) is 2.92. The van der Waals surface area contributed by atoms with E-state index < -0.39 is 6.09 Å². The van der Waals surface area contributed by atoms with E-state index in [0.717, 1.165) is 0 Å². The van der Waals surface area contributed by atoms with Gasteiger partial charge < -0.3 is 14.2 Å². The Labute approximate surface area is 148 Å². The van der Waals surface area contributed by atoms with Crippen LogP contribution in [0.25, 0.3) is 0 Å². The van der Waals surface area contributed by atoms with Crippen LogP contribution in [0.1, 0.15) is 0 Å². The van der Waals surface area contributed by atoms with Crippen LogP contribution >= 0.6 is 34.8 Å². The highest BCUT2D eigenvalue weighted by molar-refractivity contribution is 6.37. The second-order valence-corrected chi connectivity index (χ2v) is 5.47. The number of hydrogen-bond acceptors (Lipinski definition) is 4. The van der Waals surface area contributed by atoms with Gasteiger partial charge in [-0.15, -0.1) is 0 Å². The predicted octanol–water partition coefficient (Wildman–Crippen LogP) is 5.27. The molecule has 0 heterocycles. The molecule has 2 aromatic carbocycles. The normalized spacial score (nSPS) is 10.1. The van der Waals surface area contributed by atoms with E-state index in [9.17, 15) is 4.79 Å². The van der Waals surface area contributed by atoms with Crippen LogP contribution in [0.5, 0.6) is 17.2 Å². The average molecular weight is 377 g/mol. The Morgan fingerprint density at radius 2 is 1.57 bits per heavy atom. The van der Waals surface area contributed by atoms with Gasteiger partial charge in [-0.2, -0.15) is 0 Å². The molecule has 0 aromatic heterocycles. The van der Waals surface area contributed by atoms with E-state index >= 15 is 0 Å². The predicted molar refractivity (Wildman–Crippen MR) is 90.7 cm³/mol. The molecule has 2 rings (SSSR count). The maximum atomic E-state index is 12.0. The fourth-order valence-corrected chi connectivity index (χ4v) is 2.48. The van der Waals surface area contributed by atoms with Crippen molar-refractivity contribution in [2.24, 2.45) is 0 Å². The van der Waals surface area contributed by atoms with Crippen LogP contribution in [0, 0.1) is 0 Å². The van der Waals surface area contributed by atoms with Crippen LogP contribution in [0.2, 0.25) is 15.1 Å². The van der Waals surface area contributed by atoms with Crippen molar-refractivity contribution in [2.45, 2.75) is 0 Å². The second-order valence-electron chi connectivity index (χ2n) is 4.25. The third-order valence-corrected chi connectivity index (χ3v) is 3.71. The van der Waals surface area contributed by atoms with Gasteiger partial charge in [-0.25, -0.2) is 4.79 Å². The van der Waals surface area contributed by atoms with Gasteiger partial charge in [0.2, 0.25) is 0 Å². The molecule has 0 bridgehead atoms. The molecule has 0 fully saturated rings. The molecule has 0 unspecified atom stereocenters. The summed E-state index contributed by atoms with van der Waals surface area (Å²) in [5.74, 6) is 0.831. The van der Waals surface area contributed by atoms with Crippen molar-refractivity contribution in [1.82, 2.24) is 0 Å². The molecule has 0 saturated carbocycles. The van der Waals surface area contributed by atoms with Gasteiger partial charge in [-0.1, -0.05) is 40.9 Å². The molecule has 1 amide bonds. The summed E-state index contributed by atoms with van der Waals surface area (Å²) in [5, 5.41) is 3.25. The number of anilines is 1. The molecule has 0 aliphatic carbocycles. The van der Waals surface area contributed by atoms with E-state index in [-0.39, 0.29) is 15.8 Å². The second kappa shape index (κ2) is 7.64. The van der Waals surface area contributed by atoms with Gasteiger partial charge in [0.1, 0.15) is 11.5 Å². The third kappa shape index (κ3) is 4.13. The molecule has 0 spiro atoms. The molecule has 8 heteroatoms. The van der Waals surface area contributed by atoms with Crippen molar-refractivity contribution < 1.29 is 19.0 Å². The lowest BCUT2D eigenvalue weighted by Crippen LogP contribution is -2.17.